The largest absolute Gasteiger partial charge is 0.573 e. The Hall–Kier alpha value is -4.58. The number of carbonyl (C=O) groups excluding carboxylic acids is 1. The molecule has 12 heteroatoms. The number of amides is 1. The maximum Gasteiger partial charge on any atom is 0.573 e. The van der Waals surface area contributed by atoms with Crippen molar-refractivity contribution in [2.24, 2.45) is 0 Å². The minimum atomic E-state index is -4.74. The van der Waals surface area contributed by atoms with Gasteiger partial charge in [-0.15, -0.1) is 13.2 Å². The smallest absolute Gasteiger partial charge is 0.406 e. The maximum atomic E-state index is 12.6. The summed E-state index contributed by atoms with van der Waals surface area (Å²) in [7, 11) is 0. The molecule has 0 unspecified atom stereocenters. The summed E-state index contributed by atoms with van der Waals surface area (Å²) < 4.78 is 45.8. The van der Waals surface area contributed by atoms with Gasteiger partial charge in [0.15, 0.2) is 5.82 Å². The van der Waals surface area contributed by atoms with Gasteiger partial charge in [0.05, 0.1) is 17.5 Å². The van der Waals surface area contributed by atoms with Crippen LogP contribution >= 0.6 is 0 Å². The summed E-state index contributed by atoms with van der Waals surface area (Å²) in [6.07, 6.45) is 0.508. The number of aromatic nitrogens is 4. The van der Waals surface area contributed by atoms with Gasteiger partial charge in [-0.2, -0.15) is 0 Å². The van der Waals surface area contributed by atoms with Crippen molar-refractivity contribution in [1.29, 1.82) is 0 Å². The maximum absolute atomic E-state index is 12.6. The molecule has 0 fully saturated rings. The zero-order chi connectivity index (χ0) is 29.2. The highest BCUT2D eigenvalue weighted by molar-refractivity contribution is 5.90. The van der Waals surface area contributed by atoms with Crippen LogP contribution in [0.4, 0.5) is 24.7 Å². The molecule has 5 rings (SSSR count). The monoisotopic (exact) mass is 566 g/mol. The van der Waals surface area contributed by atoms with Crippen LogP contribution in [0.3, 0.4) is 0 Å². The number of halogens is 3. The zero-order valence-electron chi connectivity index (χ0n) is 22.4. The molecule has 41 heavy (non-hydrogen) atoms. The number of rotatable bonds is 10. The fourth-order valence-corrected chi connectivity index (χ4v) is 4.67. The molecule has 3 heterocycles. The predicted molar refractivity (Wildman–Crippen MR) is 149 cm³/mol. The van der Waals surface area contributed by atoms with Gasteiger partial charge in [-0.25, -0.2) is 9.97 Å². The zero-order valence-corrected chi connectivity index (χ0v) is 22.4. The molecule has 0 bridgehead atoms. The van der Waals surface area contributed by atoms with Crippen molar-refractivity contribution in [2.75, 3.05) is 11.9 Å². The van der Waals surface area contributed by atoms with Crippen LogP contribution in [0.1, 0.15) is 25.8 Å². The molecule has 0 atom stereocenters. The van der Waals surface area contributed by atoms with E-state index in [0.29, 0.717) is 31.0 Å². The van der Waals surface area contributed by atoms with Gasteiger partial charge in [0.1, 0.15) is 17.6 Å². The Morgan fingerprint density at radius 1 is 1.02 bits per heavy atom. The van der Waals surface area contributed by atoms with Gasteiger partial charge in [-0.1, -0.05) is 12.1 Å². The molecule has 3 N–H and O–H groups in total. The summed E-state index contributed by atoms with van der Waals surface area (Å²) in [6.45, 7) is 4.41. The second-order valence-corrected chi connectivity index (χ2v) is 10.3. The predicted octanol–water partition coefficient (Wildman–Crippen LogP) is 5.35. The molecular formula is C29H29F3N6O3. The molecular weight excluding hydrogens is 537 g/mol. The lowest BCUT2D eigenvalue weighted by Gasteiger charge is -2.16. The number of ether oxygens (including phenoxy) is 1. The van der Waals surface area contributed by atoms with Crippen LogP contribution in [0.15, 0.2) is 73.3 Å². The topological polar surface area (TPSA) is 106 Å². The number of anilines is 2. The quantitative estimate of drug-likeness (QED) is 0.210. The molecule has 0 aliphatic heterocycles. The summed E-state index contributed by atoms with van der Waals surface area (Å²) in [5.74, 6) is 0.115. The van der Waals surface area contributed by atoms with Crippen LogP contribution in [-0.4, -0.2) is 48.6 Å². The van der Waals surface area contributed by atoms with Crippen LogP contribution in [0.25, 0.3) is 21.9 Å². The summed E-state index contributed by atoms with van der Waals surface area (Å²) in [5, 5.41) is 17.0. The minimum Gasteiger partial charge on any atom is -0.406 e. The first-order valence-corrected chi connectivity index (χ1v) is 12.9. The van der Waals surface area contributed by atoms with Gasteiger partial charge < -0.3 is 29.6 Å². The van der Waals surface area contributed by atoms with Crippen molar-refractivity contribution in [3.05, 3.63) is 78.9 Å². The van der Waals surface area contributed by atoms with Crippen molar-refractivity contribution in [2.45, 2.75) is 45.3 Å². The van der Waals surface area contributed by atoms with Crippen molar-refractivity contribution >= 4 is 39.3 Å². The van der Waals surface area contributed by atoms with Gasteiger partial charge in [-0.05, 0) is 61.9 Å². The van der Waals surface area contributed by atoms with E-state index in [1.165, 1.54) is 24.5 Å². The Morgan fingerprint density at radius 3 is 2.61 bits per heavy atom. The lowest BCUT2D eigenvalue weighted by Crippen LogP contribution is -2.33. The summed E-state index contributed by atoms with van der Waals surface area (Å²) in [5.41, 5.74) is 2.83. The van der Waals surface area contributed by atoms with Gasteiger partial charge in [0, 0.05) is 48.6 Å². The lowest BCUT2D eigenvalue weighted by atomic mass is 10.1. The van der Waals surface area contributed by atoms with Gasteiger partial charge in [-0.3, -0.25) is 4.79 Å². The van der Waals surface area contributed by atoms with Gasteiger partial charge in [0.2, 0.25) is 5.91 Å². The molecule has 9 nitrogen and oxygen atoms in total. The number of alkyl halides is 3. The first-order valence-electron chi connectivity index (χ1n) is 12.9. The highest BCUT2D eigenvalue weighted by atomic mass is 19.4. The number of fused-ring (bicyclic) bond motifs is 2. The molecule has 5 aromatic rings. The first kappa shape index (κ1) is 28.0. The molecule has 2 aromatic carbocycles. The highest BCUT2D eigenvalue weighted by Crippen LogP contribution is 2.28. The molecule has 0 aliphatic rings. The number of carbonyl (C=O) groups is 1. The number of aliphatic hydroxyl groups is 1. The van der Waals surface area contributed by atoms with E-state index in [-0.39, 0.29) is 18.1 Å². The molecule has 0 spiro atoms. The van der Waals surface area contributed by atoms with Gasteiger partial charge >= 0.3 is 6.36 Å². The Kier molecular flexibility index (Phi) is 7.59. The number of benzene rings is 2. The third-order valence-corrected chi connectivity index (χ3v) is 6.34. The third kappa shape index (κ3) is 7.14. The van der Waals surface area contributed by atoms with Crippen LogP contribution < -0.4 is 15.4 Å². The molecule has 214 valence electrons. The van der Waals surface area contributed by atoms with Crippen molar-refractivity contribution in [1.82, 2.24) is 24.4 Å². The van der Waals surface area contributed by atoms with E-state index in [2.05, 4.69) is 25.3 Å². The Balaban J connectivity index is 1.30. The molecule has 0 aliphatic carbocycles. The second kappa shape index (κ2) is 11.1. The van der Waals surface area contributed by atoms with Crippen LogP contribution in [0.5, 0.6) is 5.75 Å². The fraction of sp³-hybridized carbons (Fsp3) is 0.276. The van der Waals surface area contributed by atoms with Crippen LogP contribution in [-0.2, 0) is 17.9 Å². The second-order valence-electron chi connectivity index (χ2n) is 10.3. The number of nitrogens with one attached hydrogen (secondary N) is 2. The Bertz CT molecular complexity index is 1690. The normalized spacial score (nSPS) is 12.1. The summed E-state index contributed by atoms with van der Waals surface area (Å²) in [6, 6.07) is 15.5. The van der Waals surface area contributed by atoms with E-state index in [0.717, 1.165) is 27.6 Å². The van der Waals surface area contributed by atoms with Crippen molar-refractivity contribution in [3.63, 3.8) is 0 Å². The van der Waals surface area contributed by atoms with E-state index in [1.54, 1.807) is 19.9 Å². The van der Waals surface area contributed by atoms with E-state index < -0.39 is 12.0 Å². The SMILES string of the molecule is CC(C)(O)CC(=O)NCCn1ccc2ncnc(Nc3ccc4c(ccn4Cc4cccc(OC(F)(F)F)c4)c3)c21. The van der Waals surface area contributed by atoms with Crippen molar-refractivity contribution in [3.8, 4) is 5.75 Å². The number of hydrogen-bond donors (Lipinski definition) is 3. The Labute approximate surface area is 233 Å². The van der Waals surface area contributed by atoms with Crippen LogP contribution in [0.2, 0.25) is 0 Å². The van der Waals surface area contributed by atoms with E-state index >= 15 is 0 Å². The summed E-state index contributed by atoms with van der Waals surface area (Å²) in [4.78, 5) is 20.9. The van der Waals surface area contributed by atoms with E-state index in [1.807, 2.05) is 51.9 Å². The van der Waals surface area contributed by atoms with E-state index in [4.69, 9.17) is 0 Å². The average molecular weight is 567 g/mol. The first-order chi connectivity index (χ1) is 19.4. The average Bonchev–Trinajstić information content (AvgIpc) is 3.47. The standard InChI is InChI=1S/C29H29F3N6O3/c1-28(2,40)16-25(39)33-10-13-37-12-9-23-26(37)27(35-18-34-23)36-21-6-7-24-20(15-21)8-11-38(24)17-19-4-3-5-22(14-19)41-29(30,31)32/h3-9,11-12,14-15,18,40H,10,13,16-17H2,1-2H3,(H,33,39)(H,34,35,36). The molecule has 0 saturated carbocycles. The number of nitrogens with zero attached hydrogens (tertiary/aromatic N) is 4. The van der Waals surface area contributed by atoms with E-state index in [9.17, 15) is 23.1 Å². The third-order valence-electron chi connectivity index (χ3n) is 6.34. The Morgan fingerprint density at radius 2 is 1.83 bits per heavy atom. The molecule has 0 radical (unpaired) electrons. The number of hydrogen-bond acceptors (Lipinski definition) is 6. The van der Waals surface area contributed by atoms with Crippen molar-refractivity contribution < 1.29 is 27.8 Å². The van der Waals surface area contributed by atoms with Crippen LogP contribution in [0, 0.1) is 0 Å². The molecule has 3 aromatic heterocycles. The fourth-order valence-electron chi connectivity index (χ4n) is 4.67. The summed E-state index contributed by atoms with van der Waals surface area (Å²) >= 11 is 0. The molecule has 0 saturated heterocycles. The highest BCUT2D eigenvalue weighted by Gasteiger charge is 2.31. The molecule has 1 amide bonds. The minimum absolute atomic E-state index is 0.0123. The lowest BCUT2D eigenvalue weighted by molar-refractivity contribution is -0.274. The van der Waals surface area contributed by atoms with Gasteiger partial charge in [0.25, 0.3) is 0 Å².